The van der Waals surface area contributed by atoms with Gasteiger partial charge in [0.15, 0.2) is 6.61 Å². The van der Waals surface area contributed by atoms with Crippen LogP contribution < -0.4 is 14.8 Å². The van der Waals surface area contributed by atoms with Crippen LogP contribution in [0.5, 0.6) is 11.6 Å². The molecule has 1 aromatic carbocycles. The van der Waals surface area contributed by atoms with E-state index in [9.17, 15) is 17.6 Å². The van der Waals surface area contributed by atoms with Crippen LogP contribution in [0, 0.1) is 12.7 Å². The Labute approximate surface area is 147 Å². The van der Waals surface area contributed by atoms with Crippen molar-refractivity contribution in [3.05, 3.63) is 40.8 Å². The number of benzene rings is 1. The zero-order valence-corrected chi connectivity index (χ0v) is 14.4. The lowest BCUT2D eigenvalue weighted by molar-refractivity contribution is -0.154. The zero-order valence-electron chi connectivity index (χ0n) is 14.4. The van der Waals surface area contributed by atoms with Crippen LogP contribution in [0.15, 0.2) is 18.2 Å². The number of rotatable bonds is 5. The molecule has 0 amide bonds. The van der Waals surface area contributed by atoms with E-state index in [4.69, 9.17) is 9.47 Å². The summed E-state index contributed by atoms with van der Waals surface area (Å²) < 4.78 is 62.7. The van der Waals surface area contributed by atoms with Crippen LogP contribution in [0.3, 0.4) is 0 Å². The summed E-state index contributed by atoms with van der Waals surface area (Å²) in [7, 11) is 1.53. The van der Waals surface area contributed by atoms with E-state index < -0.39 is 12.8 Å². The van der Waals surface area contributed by atoms with Gasteiger partial charge in [0.2, 0.25) is 5.88 Å². The average Bonchev–Trinajstić information content (AvgIpc) is 2.83. The lowest BCUT2D eigenvalue weighted by Gasteiger charge is -2.27. The Kier molecular flexibility index (Phi) is 5.08. The fourth-order valence-corrected chi connectivity index (χ4v) is 3.02. The minimum atomic E-state index is -4.43. The number of hydrogen-bond donors (Lipinski definition) is 1. The molecule has 1 aliphatic heterocycles. The van der Waals surface area contributed by atoms with Gasteiger partial charge < -0.3 is 14.8 Å². The molecule has 3 rings (SSSR count). The highest BCUT2D eigenvalue weighted by Crippen LogP contribution is 2.33. The Morgan fingerprint density at radius 1 is 1.38 bits per heavy atom. The summed E-state index contributed by atoms with van der Waals surface area (Å²) in [6.07, 6.45) is -3.81. The molecule has 2 heterocycles. The highest BCUT2D eigenvalue weighted by Gasteiger charge is 2.30. The van der Waals surface area contributed by atoms with E-state index in [-0.39, 0.29) is 24.3 Å². The number of nitrogens with zero attached hydrogens (tertiary/aromatic N) is 2. The number of aryl methyl sites for hydroxylation is 2. The third kappa shape index (κ3) is 4.09. The van der Waals surface area contributed by atoms with Crippen LogP contribution in [0.2, 0.25) is 0 Å². The van der Waals surface area contributed by atoms with Crippen LogP contribution in [0.25, 0.3) is 0 Å². The standard InChI is InChI=1S/C17H19F4N3O2/c1-10-13(16(24(2)23-10)26-9-17(19,20)21)8-22-14-5-6-25-15-4-3-11(18)7-12(14)15/h3-4,7,14,22H,5-6,8-9H2,1-2H3. The van der Waals surface area contributed by atoms with E-state index in [1.165, 1.54) is 23.9 Å². The highest BCUT2D eigenvalue weighted by molar-refractivity contribution is 5.38. The zero-order chi connectivity index (χ0) is 18.9. The Balaban J connectivity index is 1.76. The summed E-state index contributed by atoms with van der Waals surface area (Å²) in [6.45, 7) is 1.03. The maximum atomic E-state index is 13.6. The number of alkyl halides is 3. The van der Waals surface area contributed by atoms with Gasteiger partial charge in [-0.15, -0.1) is 0 Å². The first kappa shape index (κ1) is 18.5. The monoisotopic (exact) mass is 373 g/mol. The molecule has 0 fully saturated rings. The first-order valence-corrected chi connectivity index (χ1v) is 8.12. The highest BCUT2D eigenvalue weighted by atomic mass is 19.4. The van der Waals surface area contributed by atoms with Gasteiger partial charge in [-0.3, -0.25) is 0 Å². The predicted molar refractivity (Wildman–Crippen MR) is 85.6 cm³/mol. The molecule has 0 spiro atoms. The number of nitrogens with one attached hydrogen (secondary N) is 1. The van der Waals surface area contributed by atoms with Crippen molar-refractivity contribution in [2.75, 3.05) is 13.2 Å². The molecule has 1 unspecified atom stereocenters. The number of ether oxygens (including phenoxy) is 2. The van der Waals surface area contributed by atoms with Gasteiger partial charge in [-0.2, -0.15) is 18.3 Å². The van der Waals surface area contributed by atoms with E-state index in [2.05, 4.69) is 10.4 Å². The topological polar surface area (TPSA) is 48.3 Å². The van der Waals surface area contributed by atoms with Crippen LogP contribution in [-0.2, 0) is 13.6 Å². The van der Waals surface area contributed by atoms with Crippen molar-refractivity contribution < 1.29 is 27.0 Å². The van der Waals surface area contributed by atoms with Crippen molar-refractivity contribution in [2.45, 2.75) is 32.1 Å². The molecule has 1 atom stereocenters. The molecule has 0 saturated carbocycles. The third-order valence-electron chi connectivity index (χ3n) is 4.20. The molecule has 142 valence electrons. The third-order valence-corrected chi connectivity index (χ3v) is 4.20. The molecule has 1 N–H and O–H groups in total. The van der Waals surface area contributed by atoms with Crippen LogP contribution in [0.4, 0.5) is 17.6 Å². The fraction of sp³-hybridized carbons (Fsp3) is 0.471. The van der Waals surface area contributed by atoms with Crippen molar-refractivity contribution in [3.63, 3.8) is 0 Å². The second-order valence-electron chi connectivity index (χ2n) is 6.15. The van der Waals surface area contributed by atoms with Crippen molar-refractivity contribution in [3.8, 4) is 11.6 Å². The maximum Gasteiger partial charge on any atom is 0.422 e. The quantitative estimate of drug-likeness (QED) is 0.816. The Morgan fingerprint density at radius 3 is 2.88 bits per heavy atom. The van der Waals surface area contributed by atoms with Crippen LogP contribution in [-0.4, -0.2) is 29.2 Å². The van der Waals surface area contributed by atoms with Crippen molar-refractivity contribution in [1.82, 2.24) is 15.1 Å². The van der Waals surface area contributed by atoms with Crippen molar-refractivity contribution in [2.24, 2.45) is 7.05 Å². The van der Waals surface area contributed by atoms with Gasteiger partial charge >= 0.3 is 6.18 Å². The van der Waals surface area contributed by atoms with E-state index in [0.717, 1.165) is 0 Å². The molecular formula is C17H19F4N3O2. The molecule has 1 aromatic heterocycles. The second-order valence-corrected chi connectivity index (χ2v) is 6.15. The van der Waals surface area contributed by atoms with Crippen LogP contribution >= 0.6 is 0 Å². The lowest BCUT2D eigenvalue weighted by atomic mass is 10.00. The van der Waals surface area contributed by atoms with Crippen molar-refractivity contribution in [1.29, 1.82) is 0 Å². The van der Waals surface area contributed by atoms with Gasteiger partial charge in [0, 0.05) is 31.6 Å². The van der Waals surface area contributed by atoms with E-state index in [1.807, 2.05) is 0 Å². The number of fused-ring (bicyclic) bond motifs is 1. The minimum Gasteiger partial charge on any atom is -0.493 e. The Morgan fingerprint density at radius 2 is 2.15 bits per heavy atom. The Bertz CT molecular complexity index is 789. The predicted octanol–water partition coefficient (Wildman–Crippen LogP) is 3.42. The SMILES string of the molecule is Cc1nn(C)c(OCC(F)(F)F)c1CNC1CCOc2ccc(F)cc21. The molecule has 1 aliphatic rings. The minimum absolute atomic E-state index is 0.0684. The average molecular weight is 373 g/mol. The summed E-state index contributed by atoms with van der Waals surface area (Å²) in [4.78, 5) is 0. The Hall–Kier alpha value is -2.29. The molecule has 5 nitrogen and oxygen atoms in total. The van der Waals surface area contributed by atoms with Gasteiger partial charge in [-0.1, -0.05) is 0 Å². The van der Waals surface area contributed by atoms with Crippen molar-refractivity contribution >= 4 is 0 Å². The van der Waals surface area contributed by atoms with Gasteiger partial charge in [-0.25, -0.2) is 9.07 Å². The summed E-state index contributed by atoms with van der Waals surface area (Å²) in [6, 6.07) is 4.13. The van der Waals surface area contributed by atoms with Gasteiger partial charge in [0.25, 0.3) is 0 Å². The van der Waals surface area contributed by atoms with Gasteiger partial charge in [0.05, 0.1) is 17.9 Å². The number of halogens is 4. The number of hydrogen-bond acceptors (Lipinski definition) is 4. The largest absolute Gasteiger partial charge is 0.493 e. The molecule has 26 heavy (non-hydrogen) atoms. The molecule has 0 radical (unpaired) electrons. The van der Waals surface area contributed by atoms with E-state index >= 15 is 0 Å². The molecule has 9 heteroatoms. The normalized spacial score (nSPS) is 16.9. The molecule has 2 aromatic rings. The second kappa shape index (κ2) is 7.14. The molecular weight excluding hydrogens is 354 g/mol. The first-order valence-electron chi connectivity index (χ1n) is 8.12. The fourth-order valence-electron chi connectivity index (χ4n) is 3.02. The van der Waals surface area contributed by atoms with E-state index in [0.29, 0.717) is 35.6 Å². The number of aromatic nitrogens is 2. The summed E-state index contributed by atoms with van der Waals surface area (Å²) in [5.41, 5.74) is 1.81. The molecule has 0 bridgehead atoms. The van der Waals surface area contributed by atoms with Gasteiger partial charge in [0.1, 0.15) is 11.6 Å². The maximum absolute atomic E-state index is 13.6. The van der Waals surface area contributed by atoms with Crippen LogP contribution in [0.1, 0.15) is 29.3 Å². The van der Waals surface area contributed by atoms with Gasteiger partial charge in [-0.05, 0) is 25.1 Å². The summed E-state index contributed by atoms with van der Waals surface area (Å²) >= 11 is 0. The summed E-state index contributed by atoms with van der Waals surface area (Å²) in [5, 5.41) is 7.39. The smallest absolute Gasteiger partial charge is 0.422 e. The summed E-state index contributed by atoms with van der Waals surface area (Å²) in [5.74, 6) is 0.304. The lowest BCUT2D eigenvalue weighted by Crippen LogP contribution is -2.27. The molecule has 0 saturated heterocycles. The van der Waals surface area contributed by atoms with E-state index in [1.54, 1.807) is 13.0 Å². The molecule has 0 aliphatic carbocycles. The first-order chi connectivity index (χ1) is 12.2.